The zero-order valence-corrected chi connectivity index (χ0v) is 21.9. The lowest BCUT2D eigenvalue weighted by Gasteiger charge is -2.25. The Hall–Kier alpha value is -2.46. The molecule has 1 atom stereocenters. The lowest BCUT2D eigenvalue weighted by atomic mass is 9.86. The lowest BCUT2D eigenvalue weighted by Crippen LogP contribution is -2.31. The van der Waals surface area contributed by atoms with Gasteiger partial charge in [0.15, 0.2) is 0 Å². The van der Waals surface area contributed by atoms with Crippen LogP contribution in [0.4, 0.5) is 0 Å². The van der Waals surface area contributed by atoms with Crippen molar-refractivity contribution in [3.8, 4) is 5.75 Å². The van der Waals surface area contributed by atoms with Crippen molar-refractivity contribution in [2.75, 3.05) is 0 Å². The van der Waals surface area contributed by atoms with Gasteiger partial charge in [0.1, 0.15) is 5.75 Å². The molecule has 168 valence electrons. The molecule has 0 aliphatic heterocycles. The van der Waals surface area contributed by atoms with E-state index in [2.05, 4.69) is 119 Å². The van der Waals surface area contributed by atoms with Crippen LogP contribution in [0.25, 0.3) is 0 Å². The van der Waals surface area contributed by atoms with E-state index in [-0.39, 0.29) is 5.41 Å². The summed E-state index contributed by atoms with van der Waals surface area (Å²) >= 11 is 0. The second-order valence-corrected chi connectivity index (χ2v) is 13.0. The summed E-state index contributed by atoms with van der Waals surface area (Å²) in [5, 5.41) is 17.5. The molecule has 1 unspecified atom stereocenters. The van der Waals surface area contributed by atoms with Gasteiger partial charge in [-0.1, -0.05) is 114 Å². The normalized spacial score (nSPS) is 12.1. The molecule has 33 heavy (non-hydrogen) atoms. The fraction of sp³-hybridized carbons (Fsp3) is 0.200. The molecule has 0 aromatic heterocycles. The Morgan fingerprint density at radius 3 is 1.82 bits per heavy atom. The van der Waals surface area contributed by atoms with E-state index in [1.165, 1.54) is 32.3 Å². The first-order valence-electron chi connectivity index (χ1n) is 11.4. The molecule has 0 heterocycles. The molecule has 4 rings (SSSR count). The number of aromatic hydroxyl groups is 1. The van der Waals surface area contributed by atoms with E-state index >= 15 is 0 Å². The number of phenolic OH excluding ortho intramolecular Hbond substituents is 1. The zero-order valence-electron chi connectivity index (χ0n) is 20.1. The number of phenols is 1. The first-order chi connectivity index (χ1) is 15.8. The fourth-order valence-corrected chi connectivity index (χ4v) is 8.26. The molecule has 0 fully saturated rings. The third kappa shape index (κ3) is 5.22. The molecule has 0 aliphatic rings. The Morgan fingerprint density at radius 1 is 0.697 bits per heavy atom. The molecule has 1 nitrogen and oxygen atoms in total. The molecule has 0 bridgehead atoms. The van der Waals surface area contributed by atoms with Crippen molar-refractivity contribution in [3.63, 3.8) is 0 Å². The number of rotatable bonds is 5. The van der Waals surface area contributed by atoms with E-state index in [4.69, 9.17) is 0 Å². The average Bonchev–Trinajstić information content (AvgIpc) is 2.79. The SMILES string of the molecule is Cc1cc(C(C)(C)C)cc(Pc2c(C)cccc2P(c2ccccc2)c2ccccc2)c1O. The van der Waals surface area contributed by atoms with Crippen LogP contribution in [-0.2, 0) is 5.41 Å². The Morgan fingerprint density at radius 2 is 1.27 bits per heavy atom. The maximum absolute atomic E-state index is 11.0. The Kier molecular flexibility index (Phi) is 7.04. The summed E-state index contributed by atoms with van der Waals surface area (Å²) in [7, 11) is -0.308. The third-order valence-electron chi connectivity index (χ3n) is 5.95. The quantitative estimate of drug-likeness (QED) is 0.372. The lowest BCUT2D eigenvalue weighted by molar-refractivity contribution is 0.474. The minimum atomic E-state index is -0.701. The second-order valence-electron chi connectivity index (χ2n) is 9.54. The maximum atomic E-state index is 11.0. The molecule has 0 spiro atoms. The average molecular weight is 471 g/mol. The van der Waals surface area contributed by atoms with Gasteiger partial charge in [0, 0.05) is 5.30 Å². The fourth-order valence-electron chi connectivity index (χ4n) is 4.03. The van der Waals surface area contributed by atoms with Crippen molar-refractivity contribution in [2.24, 2.45) is 0 Å². The van der Waals surface area contributed by atoms with Crippen molar-refractivity contribution in [1.29, 1.82) is 0 Å². The topological polar surface area (TPSA) is 20.2 Å². The first-order valence-corrected chi connectivity index (χ1v) is 13.7. The van der Waals surface area contributed by atoms with E-state index in [1.54, 1.807) is 0 Å². The van der Waals surface area contributed by atoms with Gasteiger partial charge < -0.3 is 5.11 Å². The van der Waals surface area contributed by atoms with Gasteiger partial charge in [-0.25, -0.2) is 0 Å². The van der Waals surface area contributed by atoms with Crippen LogP contribution >= 0.6 is 16.5 Å². The largest absolute Gasteiger partial charge is 0.507 e. The van der Waals surface area contributed by atoms with Gasteiger partial charge in [-0.2, -0.15) is 0 Å². The van der Waals surface area contributed by atoms with Crippen molar-refractivity contribution >= 4 is 43.0 Å². The maximum Gasteiger partial charge on any atom is 0.126 e. The van der Waals surface area contributed by atoms with Gasteiger partial charge >= 0.3 is 0 Å². The van der Waals surface area contributed by atoms with E-state index < -0.39 is 7.92 Å². The third-order valence-corrected chi connectivity index (χ3v) is 10.2. The summed E-state index contributed by atoms with van der Waals surface area (Å²) in [6.45, 7) is 10.9. The second kappa shape index (κ2) is 9.80. The monoisotopic (exact) mass is 470 g/mol. The van der Waals surface area contributed by atoms with Gasteiger partial charge in [0.05, 0.1) is 0 Å². The smallest absolute Gasteiger partial charge is 0.126 e. The number of hydrogen-bond donors (Lipinski definition) is 1. The van der Waals surface area contributed by atoms with Crippen LogP contribution in [0.3, 0.4) is 0 Å². The Balaban J connectivity index is 1.89. The van der Waals surface area contributed by atoms with Crippen molar-refractivity contribution < 1.29 is 5.11 Å². The van der Waals surface area contributed by atoms with Gasteiger partial charge in [-0.05, 0) is 71.2 Å². The molecular weight excluding hydrogens is 438 g/mol. The molecule has 0 amide bonds. The standard InChI is InChI=1S/C30H32OP2/c1-21-13-12-18-27(33(24-14-8-6-9-15-24)25-16-10-7-11-17-25)29(21)32-26-20-23(30(3,4)5)19-22(2)28(26)31/h6-20,31-32H,1-5H3. The van der Waals surface area contributed by atoms with Gasteiger partial charge in [0.2, 0.25) is 0 Å². The van der Waals surface area contributed by atoms with Crippen molar-refractivity contribution in [2.45, 2.75) is 40.0 Å². The van der Waals surface area contributed by atoms with Crippen LogP contribution in [0.5, 0.6) is 5.75 Å². The molecule has 1 N–H and O–H groups in total. The molecule has 3 heteroatoms. The summed E-state index contributed by atoms with van der Waals surface area (Å²) in [4.78, 5) is 0. The molecule has 4 aromatic carbocycles. The summed E-state index contributed by atoms with van der Waals surface area (Å²) in [6, 6.07) is 32.7. The van der Waals surface area contributed by atoms with Crippen LogP contribution < -0.4 is 26.5 Å². The van der Waals surface area contributed by atoms with Gasteiger partial charge in [-0.15, -0.1) is 0 Å². The highest BCUT2D eigenvalue weighted by atomic mass is 31.1. The molecule has 0 radical (unpaired) electrons. The van der Waals surface area contributed by atoms with Crippen molar-refractivity contribution in [1.82, 2.24) is 0 Å². The Labute approximate surface area is 201 Å². The van der Waals surface area contributed by atoms with E-state index in [1.807, 2.05) is 6.92 Å². The summed E-state index contributed by atoms with van der Waals surface area (Å²) in [5.41, 5.74) is 3.54. The highest BCUT2D eigenvalue weighted by Crippen LogP contribution is 2.35. The van der Waals surface area contributed by atoms with Crippen LogP contribution in [-0.4, -0.2) is 5.11 Å². The highest BCUT2D eigenvalue weighted by molar-refractivity contribution is 7.81. The molecule has 0 saturated heterocycles. The predicted molar refractivity (Wildman–Crippen MR) is 149 cm³/mol. The summed E-state index contributed by atoms with van der Waals surface area (Å²) < 4.78 is 0. The minimum Gasteiger partial charge on any atom is -0.507 e. The van der Waals surface area contributed by atoms with Crippen molar-refractivity contribution in [3.05, 3.63) is 108 Å². The zero-order chi connectivity index (χ0) is 23.6. The van der Waals surface area contributed by atoms with E-state index in [9.17, 15) is 5.11 Å². The first kappa shape index (κ1) is 23.7. The molecular formula is C30H32OP2. The summed E-state index contributed by atoms with van der Waals surface area (Å²) in [6.07, 6.45) is 0. The number of benzene rings is 4. The van der Waals surface area contributed by atoms with E-state index in [0.717, 1.165) is 10.9 Å². The van der Waals surface area contributed by atoms with Gasteiger partial charge in [0.25, 0.3) is 0 Å². The van der Waals surface area contributed by atoms with Crippen LogP contribution in [0, 0.1) is 13.8 Å². The summed E-state index contributed by atoms with van der Waals surface area (Å²) in [5.74, 6) is 0.430. The molecule has 0 saturated carbocycles. The molecule has 4 aromatic rings. The Bertz CT molecular complexity index is 1200. The number of hydrogen-bond acceptors (Lipinski definition) is 1. The molecule has 0 aliphatic carbocycles. The van der Waals surface area contributed by atoms with Gasteiger partial charge in [-0.3, -0.25) is 0 Å². The minimum absolute atomic E-state index is 0.0347. The highest BCUT2D eigenvalue weighted by Gasteiger charge is 2.23. The number of aryl methyl sites for hydroxylation is 2. The van der Waals surface area contributed by atoms with Crippen LogP contribution in [0.2, 0.25) is 0 Å². The van der Waals surface area contributed by atoms with Crippen LogP contribution in [0.1, 0.15) is 37.5 Å². The van der Waals surface area contributed by atoms with E-state index in [0.29, 0.717) is 14.3 Å². The van der Waals surface area contributed by atoms with Crippen LogP contribution in [0.15, 0.2) is 91.0 Å². The predicted octanol–water partition coefficient (Wildman–Crippen LogP) is 5.69.